The number of urea groups is 1. The summed E-state index contributed by atoms with van der Waals surface area (Å²) in [6.45, 7) is 0.695. The average molecular weight is 361 g/mol. The molecule has 132 valence electrons. The molecule has 1 atom stereocenters. The molecule has 25 heavy (non-hydrogen) atoms. The van der Waals surface area contributed by atoms with Crippen LogP contribution in [0.4, 0.5) is 10.5 Å². The smallest absolute Gasteiger partial charge is 0.322 e. The summed E-state index contributed by atoms with van der Waals surface area (Å²) in [6, 6.07) is 12.8. The van der Waals surface area contributed by atoms with E-state index in [0.29, 0.717) is 28.8 Å². The molecule has 2 amide bonds. The lowest BCUT2D eigenvalue weighted by molar-refractivity contribution is 0.207. The normalized spacial score (nSPS) is 16.6. The number of hydrogen-bond donors (Lipinski definition) is 1. The van der Waals surface area contributed by atoms with E-state index in [-0.39, 0.29) is 12.1 Å². The number of halogens is 1. The summed E-state index contributed by atoms with van der Waals surface area (Å²) in [6.07, 6.45) is 1.85. The van der Waals surface area contributed by atoms with Crippen LogP contribution in [0.2, 0.25) is 5.02 Å². The minimum Gasteiger partial charge on any atom is -0.497 e. The van der Waals surface area contributed by atoms with Crippen molar-refractivity contribution in [1.82, 2.24) is 4.90 Å². The van der Waals surface area contributed by atoms with Crippen molar-refractivity contribution in [2.75, 3.05) is 26.1 Å². The molecular weight excluding hydrogens is 340 g/mol. The molecular formula is C19H21ClN2O3. The third-order valence-corrected chi connectivity index (χ3v) is 4.77. The van der Waals surface area contributed by atoms with E-state index in [0.717, 1.165) is 18.4 Å². The van der Waals surface area contributed by atoms with Crippen molar-refractivity contribution in [1.29, 1.82) is 0 Å². The Morgan fingerprint density at radius 3 is 2.72 bits per heavy atom. The van der Waals surface area contributed by atoms with E-state index in [2.05, 4.69) is 5.32 Å². The predicted molar refractivity (Wildman–Crippen MR) is 98.7 cm³/mol. The lowest BCUT2D eigenvalue weighted by Crippen LogP contribution is -2.34. The van der Waals surface area contributed by atoms with Crippen molar-refractivity contribution in [3.8, 4) is 11.5 Å². The zero-order valence-electron chi connectivity index (χ0n) is 14.3. The highest BCUT2D eigenvalue weighted by molar-refractivity contribution is 6.31. The monoisotopic (exact) mass is 360 g/mol. The van der Waals surface area contributed by atoms with Gasteiger partial charge in [0.05, 0.1) is 25.9 Å². The maximum absolute atomic E-state index is 12.8. The Labute approximate surface area is 152 Å². The van der Waals surface area contributed by atoms with Crippen LogP contribution >= 0.6 is 11.6 Å². The van der Waals surface area contributed by atoms with E-state index in [1.165, 1.54) is 0 Å². The predicted octanol–water partition coefficient (Wildman–Crippen LogP) is 4.73. The van der Waals surface area contributed by atoms with E-state index in [1.54, 1.807) is 32.4 Å². The number of carbonyl (C=O) groups is 1. The highest BCUT2D eigenvalue weighted by Gasteiger charge is 2.31. The van der Waals surface area contributed by atoms with Crippen LogP contribution in [0.3, 0.4) is 0 Å². The maximum atomic E-state index is 12.8. The number of hydrogen-bond acceptors (Lipinski definition) is 3. The van der Waals surface area contributed by atoms with Gasteiger partial charge in [0.25, 0.3) is 0 Å². The first-order chi connectivity index (χ1) is 12.1. The second-order valence-electron chi connectivity index (χ2n) is 5.87. The van der Waals surface area contributed by atoms with Crippen LogP contribution in [0, 0.1) is 0 Å². The molecule has 0 aliphatic carbocycles. The van der Waals surface area contributed by atoms with E-state index in [4.69, 9.17) is 21.1 Å². The van der Waals surface area contributed by atoms with Gasteiger partial charge in [0, 0.05) is 17.6 Å². The number of carbonyl (C=O) groups excluding carboxylic acids is 1. The van der Waals surface area contributed by atoms with Gasteiger partial charge in [-0.25, -0.2) is 4.79 Å². The van der Waals surface area contributed by atoms with Gasteiger partial charge in [-0.1, -0.05) is 29.8 Å². The fourth-order valence-electron chi connectivity index (χ4n) is 3.17. The molecule has 0 spiro atoms. The van der Waals surface area contributed by atoms with Crippen molar-refractivity contribution in [3.63, 3.8) is 0 Å². The Morgan fingerprint density at radius 2 is 2.00 bits per heavy atom. The number of ether oxygens (including phenoxy) is 2. The zero-order valence-corrected chi connectivity index (χ0v) is 15.0. The van der Waals surface area contributed by atoms with E-state index >= 15 is 0 Å². The van der Waals surface area contributed by atoms with Crippen LogP contribution < -0.4 is 14.8 Å². The molecule has 1 fully saturated rings. The van der Waals surface area contributed by atoms with Crippen LogP contribution in [-0.4, -0.2) is 31.7 Å². The van der Waals surface area contributed by atoms with Gasteiger partial charge in [-0.2, -0.15) is 0 Å². The first-order valence-corrected chi connectivity index (χ1v) is 8.56. The van der Waals surface area contributed by atoms with Gasteiger partial charge < -0.3 is 19.7 Å². The number of nitrogens with zero attached hydrogens (tertiary/aromatic N) is 1. The topological polar surface area (TPSA) is 50.8 Å². The molecule has 1 aliphatic heterocycles. The van der Waals surface area contributed by atoms with Crippen LogP contribution in [0.15, 0.2) is 42.5 Å². The summed E-state index contributed by atoms with van der Waals surface area (Å²) in [5.74, 6) is 1.23. The molecule has 0 saturated carbocycles. The molecule has 1 unspecified atom stereocenters. The van der Waals surface area contributed by atoms with Crippen molar-refractivity contribution in [2.45, 2.75) is 18.9 Å². The van der Waals surface area contributed by atoms with Gasteiger partial charge in [-0.05, 0) is 36.6 Å². The number of rotatable bonds is 4. The van der Waals surface area contributed by atoms with Gasteiger partial charge in [-0.3, -0.25) is 0 Å². The third-order valence-electron chi connectivity index (χ3n) is 4.43. The Morgan fingerprint density at radius 1 is 1.20 bits per heavy atom. The van der Waals surface area contributed by atoms with Crippen molar-refractivity contribution < 1.29 is 14.3 Å². The van der Waals surface area contributed by atoms with Crippen LogP contribution in [0.25, 0.3) is 0 Å². The van der Waals surface area contributed by atoms with E-state index in [9.17, 15) is 4.79 Å². The van der Waals surface area contributed by atoms with Crippen molar-refractivity contribution in [2.24, 2.45) is 0 Å². The van der Waals surface area contributed by atoms with Gasteiger partial charge in [0.15, 0.2) is 0 Å². The molecule has 1 saturated heterocycles. The summed E-state index contributed by atoms with van der Waals surface area (Å²) in [5, 5.41) is 3.63. The Bertz CT molecular complexity index is 766. The molecule has 0 bridgehead atoms. The van der Waals surface area contributed by atoms with Crippen molar-refractivity contribution in [3.05, 3.63) is 53.1 Å². The lowest BCUT2D eigenvalue weighted by Gasteiger charge is -2.26. The van der Waals surface area contributed by atoms with Crippen LogP contribution in [0.5, 0.6) is 11.5 Å². The molecule has 2 aromatic rings. The molecule has 1 aliphatic rings. The first kappa shape index (κ1) is 17.4. The number of anilines is 1. The molecule has 0 radical (unpaired) electrons. The molecule has 1 N–H and O–H groups in total. The van der Waals surface area contributed by atoms with Crippen LogP contribution in [-0.2, 0) is 0 Å². The van der Waals surface area contributed by atoms with Gasteiger partial charge in [0.1, 0.15) is 11.5 Å². The third kappa shape index (κ3) is 3.66. The standard InChI is InChI=1S/C19H21ClN2O3/c1-24-13-9-10-16(18(12-13)25-2)21-19(23)22-11-5-8-17(22)14-6-3-4-7-15(14)20/h3-4,6-7,9-10,12,17H,5,8,11H2,1-2H3,(H,21,23). The fourth-order valence-corrected chi connectivity index (χ4v) is 3.43. The Hall–Kier alpha value is -2.40. The number of likely N-dealkylation sites (tertiary alicyclic amines) is 1. The SMILES string of the molecule is COc1ccc(NC(=O)N2CCCC2c2ccccc2Cl)c(OC)c1. The molecule has 3 rings (SSSR count). The Balaban J connectivity index is 1.80. The zero-order chi connectivity index (χ0) is 17.8. The summed E-state index contributed by atoms with van der Waals surface area (Å²) >= 11 is 6.32. The van der Waals surface area contributed by atoms with E-state index < -0.39 is 0 Å². The number of methoxy groups -OCH3 is 2. The summed E-state index contributed by atoms with van der Waals surface area (Å²) in [5.41, 5.74) is 1.59. The highest BCUT2D eigenvalue weighted by Crippen LogP contribution is 2.37. The maximum Gasteiger partial charge on any atom is 0.322 e. The minimum atomic E-state index is -0.161. The molecule has 0 aromatic heterocycles. The largest absolute Gasteiger partial charge is 0.497 e. The first-order valence-electron chi connectivity index (χ1n) is 8.18. The van der Waals surface area contributed by atoms with Gasteiger partial charge in [0.2, 0.25) is 0 Å². The number of amides is 2. The highest BCUT2D eigenvalue weighted by atomic mass is 35.5. The number of benzene rings is 2. The van der Waals surface area contributed by atoms with E-state index in [1.807, 2.05) is 29.2 Å². The number of nitrogens with one attached hydrogen (secondary N) is 1. The van der Waals surface area contributed by atoms with Gasteiger partial charge in [-0.15, -0.1) is 0 Å². The van der Waals surface area contributed by atoms with Gasteiger partial charge >= 0.3 is 6.03 Å². The minimum absolute atomic E-state index is 0.0158. The van der Waals surface area contributed by atoms with Crippen LogP contribution in [0.1, 0.15) is 24.4 Å². The van der Waals surface area contributed by atoms with Crippen molar-refractivity contribution >= 4 is 23.3 Å². The molecule has 5 nitrogen and oxygen atoms in total. The second kappa shape index (κ2) is 7.66. The Kier molecular flexibility index (Phi) is 5.34. The second-order valence-corrected chi connectivity index (χ2v) is 6.28. The summed E-state index contributed by atoms with van der Waals surface area (Å²) in [7, 11) is 3.15. The summed E-state index contributed by atoms with van der Waals surface area (Å²) < 4.78 is 10.5. The average Bonchev–Trinajstić information content (AvgIpc) is 3.12. The molecule has 1 heterocycles. The quantitative estimate of drug-likeness (QED) is 0.857. The lowest BCUT2D eigenvalue weighted by atomic mass is 10.0. The summed E-state index contributed by atoms with van der Waals surface area (Å²) in [4.78, 5) is 14.6. The fraction of sp³-hybridized carbons (Fsp3) is 0.316. The molecule has 6 heteroatoms. The molecule has 2 aromatic carbocycles.